The molecule has 2 atom stereocenters. The summed E-state index contributed by atoms with van der Waals surface area (Å²) in [6, 6.07) is 9.82. The smallest absolute Gasteiger partial charge is 0.165 e. The standard InChI is InChI=1S/C13H10N4/c14-7-9-3-1-2-4-10(9)11-5-6-12-13(17-11)16-8-15-12/h1-6,8,12-13H,(H,15,16). The highest BCUT2D eigenvalue weighted by Gasteiger charge is 2.24. The monoisotopic (exact) mass is 222 g/mol. The largest absolute Gasteiger partial charge is 0.366 e. The van der Waals surface area contributed by atoms with Crippen molar-refractivity contribution in [1.82, 2.24) is 5.32 Å². The van der Waals surface area contributed by atoms with Gasteiger partial charge in [-0.05, 0) is 12.1 Å². The summed E-state index contributed by atoms with van der Waals surface area (Å²) in [6.07, 6.45) is 5.57. The van der Waals surface area contributed by atoms with Crippen molar-refractivity contribution in [2.45, 2.75) is 12.2 Å². The average molecular weight is 222 g/mol. The Kier molecular flexibility index (Phi) is 2.23. The van der Waals surface area contributed by atoms with Gasteiger partial charge in [-0.2, -0.15) is 5.26 Å². The summed E-state index contributed by atoms with van der Waals surface area (Å²) in [5, 5.41) is 12.2. The van der Waals surface area contributed by atoms with Crippen molar-refractivity contribution in [3.05, 3.63) is 47.5 Å². The Balaban J connectivity index is 2.03. The third kappa shape index (κ3) is 1.62. The lowest BCUT2D eigenvalue weighted by Gasteiger charge is -2.17. The maximum atomic E-state index is 9.07. The average Bonchev–Trinajstić information content (AvgIpc) is 2.85. The normalized spacial score (nSPS) is 24.8. The molecule has 4 heteroatoms. The van der Waals surface area contributed by atoms with Crippen LogP contribution in [0.5, 0.6) is 0 Å². The molecule has 1 aromatic carbocycles. The summed E-state index contributed by atoms with van der Waals surface area (Å²) in [5.74, 6) is 0. The molecule has 0 spiro atoms. The van der Waals surface area contributed by atoms with Crippen molar-refractivity contribution in [2.75, 3.05) is 0 Å². The number of nitriles is 1. The van der Waals surface area contributed by atoms with Crippen LogP contribution in [0.3, 0.4) is 0 Å². The van der Waals surface area contributed by atoms with Gasteiger partial charge in [-0.3, -0.25) is 4.99 Å². The zero-order valence-corrected chi connectivity index (χ0v) is 9.04. The molecule has 0 bridgehead atoms. The maximum Gasteiger partial charge on any atom is 0.165 e. The first-order chi connectivity index (χ1) is 8.38. The molecule has 2 unspecified atom stereocenters. The van der Waals surface area contributed by atoms with Crippen LogP contribution in [0.4, 0.5) is 0 Å². The number of aliphatic imine (C=N–C) groups is 2. The zero-order valence-electron chi connectivity index (χ0n) is 9.04. The number of benzene rings is 1. The Bertz CT molecular complexity index is 577. The van der Waals surface area contributed by atoms with Crippen molar-refractivity contribution < 1.29 is 0 Å². The van der Waals surface area contributed by atoms with E-state index in [1.165, 1.54) is 0 Å². The molecule has 2 aliphatic rings. The third-order valence-corrected chi connectivity index (χ3v) is 2.87. The predicted octanol–water partition coefficient (Wildman–Crippen LogP) is 1.24. The molecule has 1 aromatic rings. The highest BCUT2D eigenvalue weighted by Crippen LogP contribution is 2.18. The lowest BCUT2D eigenvalue weighted by molar-refractivity contribution is 0.626. The van der Waals surface area contributed by atoms with Crippen LogP contribution in [0.1, 0.15) is 11.1 Å². The van der Waals surface area contributed by atoms with Gasteiger partial charge < -0.3 is 5.32 Å². The molecule has 0 saturated heterocycles. The number of dihydropyridines is 1. The van der Waals surface area contributed by atoms with Gasteiger partial charge in [-0.1, -0.05) is 24.3 Å². The van der Waals surface area contributed by atoms with Crippen molar-refractivity contribution in [1.29, 1.82) is 5.26 Å². The molecule has 4 nitrogen and oxygen atoms in total. The molecule has 2 heterocycles. The molecule has 0 amide bonds. The topological polar surface area (TPSA) is 60.5 Å². The number of nitrogens with one attached hydrogen (secondary N) is 1. The fraction of sp³-hybridized carbons (Fsp3) is 0.154. The minimum Gasteiger partial charge on any atom is -0.366 e. The van der Waals surface area contributed by atoms with Gasteiger partial charge in [0.25, 0.3) is 0 Å². The highest BCUT2D eigenvalue weighted by atomic mass is 15.2. The Morgan fingerprint density at radius 1 is 1.29 bits per heavy atom. The van der Waals surface area contributed by atoms with E-state index in [4.69, 9.17) is 5.26 Å². The lowest BCUT2D eigenvalue weighted by Crippen LogP contribution is -2.31. The number of allylic oxidation sites excluding steroid dienone is 1. The quantitative estimate of drug-likeness (QED) is 0.777. The second-order valence-electron chi connectivity index (χ2n) is 3.92. The van der Waals surface area contributed by atoms with Crippen LogP contribution in [-0.4, -0.2) is 24.3 Å². The number of fused-ring (bicyclic) bond motifs is 1. The van der Waals surface area contributed by atoms with Crippen molar-refractivity contribution in [3.63, 3.8) is 0 Å². The van der Waals surface area contributed by atoms with Gasteiger partial charge in [0.05, 0.1) is 29.7 Å². The van der Waals surface area contributed by atoms with Crippen molar-refractivity contribution >= 4 is 12.1 Å². The predicted molar refractivity (Wildman–Crippen MR) is 66.0 cm³/mol. The maximum absolute atomic E-state index is 9.07. The van der Waals surface area contributed by atoms with E-state index in [1.54, 1.807) is 12.4 Å². The molecule has 0 aliphatic carbocycles. The van der Waals surface area contributed by atoms with Gasteiger partial charge in [0.15, 0.2) is 6.17 Å². The Labute approximate surface area is 99.0 Å². The number of hydrogen-bond acceptors (Lipinski definition) is 4. The van der Waals surface area contributed by atoms with Crippen LogP contribution in [0.2, 0.25) is 0 Å². The van der Waals surface area contributed by atoms with E-state index in [0.717, 1.165) is 11.3 Å². The molecular formula is C13H10N4. The zero-order chi connectivity index (χ0) is 11.7. The second-order valence-corrected chi connectivity index (χ2v) is 3.92. The van der Waals surface area contributed by atoms with Crippen molar-refractivity contribution in [3.8, 4) is 6.07 Å². The molecular weight excluding hydrogens is 212 g/mol. The summed E-state index contributed by atoms with van der Waals surface area (Å²) < 4.78 is 0. The fourth-order valence-corrected chi connectivity index (χ4v) is 2.00. The van der Waals surface area contributed by atoms with Crippen LogP contribution in [0.25, 0.3) is 0 Å². The number of hydrogen-bond donors (Lipinski definition) is 1. The Morgan fingerprint density at radius 3 is 3.06 bits per heavy atom. The van der Waals surface area contributed by atoms with E-state index in [2.05, 4.69) is 21.4 Å². The molecule has 17 heavy (non-hydrogen) atoms. The molecule has 3 rings (SSSR count). The van der Waals surface area contributed by atoms with Gasteiger partial charge in [-0.15, -0.1) is 0 Å². The molecule has 0 aromatic heterocycles. The first kappa shape index (κ1) is 9.79. The number of nitrogens with zero attached hydrogens (tertiary/aromatic N) is 3. The summed E-state index contributed by atoms with van der Waals surface area (Å²) in [6.45, 7) is 0. The summed E-state index contributed by atoms with van der Waals surface area (Å²) in [7, 11) is 0. The van der Waals surface area contributed by atoms with Crippen LogP contribution >= 0.6 is 0 Å². The fourth-order valence-electron chi connectivity index (χ4n) is 2.00. The van der Waals surface area contributed by atoms with Crippen LogP contribution < -0.4 is 5.32 Å². The SMILES string of the molecule is N#Cc1ccccc1C1=NC2N=CNC2C=C1. The van der Waals surface area contributed by atoms with Crippen LogP contribution in [0.15, 0.2) is 46.4 Å². The van der Waals surface area contributed by atoms with E-state index in [1.807, 2.05) is 30.4 Å². The molecule has 1 N–H and O–H groups in total. The Morgan fingerprint density at radius 2 is 2.18 bits per heavy atom. The van der Waals surface area contributed by atoms with Gasteiger partial charge in [0, 0.05) is 5.56 Å². The first-order valence-corrected chi connectivity index (χ1v) is 5.42. The summed E-state index contributed by atoms with van der Waals surface area (Å²) in [4.78, 5) is 8.77. The summed E-state index contributed by atoms with van der Waals surface area (Å²) >= 11 is 0. The Hall–Kier alpha value is -2.41. The van der Waals surface area contributed by atoms with Gasteiger partial charge >= 0.3 is 0 Å². The van der Waals surface area contributed by atoms with Crippen LogP contribution in [-0.2, 0) is 0 Å². The molecule has 82 valence electrons. The summed E-state index contributed by atoms with van der Waals surface area (Å²) in [5.41, 5.74) is 2.33. The van der Waals surface area contributed by atoms with Gasteiger partial charge in [0.2, 0.25) is 0 Å². The van der Waals surface area contributed by atoms with E-state index in [9.17, 15) is 0 Å². The molecule has 0 radical (unpaired) electrons. The van der Waals surface area contributed by atoms with Crippen molar-refractivity contribution in [2.24, 2.45) is 9.98 Å². The minimum atomic E-state index is -0.0956. The first-order valence-electron chi connectivity index (χ1n) is 5.42. The van der Waals surface area contributed by atoms with Gasteiger partial charge in [-0.25, -0.2) is 4.99 Å². The second kappa shape index (κ2) is 3.87. The molecule has 0 fully saturated rings. The van der Waals surface area contributed by atoms with E-state index < -0.39 is 0 Å². The van der Waals surface area contributed by atoms with E-state index in [-0.39, 0.29) is 12.2 Å². The molecule has 0 saturated carbocycles. The minimum absolute atomic E-state index is 0.0956. The highest BCUT2D eigenvalue weighted by molar-refractivity contribution is 6.11. The van der Waals surface area contributed by atoms with Crippen LogP contribution in [0, 0.1) is 11.3 Å². The van der Waals surface area contributed by atoms with E-state index in [0.29, 0.717) is 5.56 Å². The van der Waals surface area contributed by atoms with E-state index >= 15 is 0 Å². The lowest BCUT2D eigenvalue weighted by atomic mass is 10.0. The van der Waals surface area contributed by atoms with Gasteiger partial charge in [0.1, 0.15) is 0 Å². The molecule has 2 aliphatic heterocycles. The third-order valence-electron chi connectivity index (χ3n) is 2.87. The number of rotatable bonds is 1.